The van der Waals surface area contributed by atoms with Crippen LogP contribution in [-0.2, 0) is 6.42 Å². The summed E-state index contributed by atoms with van der Waals surface area (Å²) in [6, 6.07) is 3.62. The lowest BCUT2D eigenvalue weighted by Gasteiger charge is -2.12. The first-order valence-electron chi connectivity index (χ1n) is 5.71. The van der Waals surface area contributed by atoms with Gasteiger partial charge < -0.3 is 5.73 Å². The quantitative estimate of drug-likeness (QED) is 0.859. The predicted molar refractivity (Wildman–Crippen MR) is 65.2 cm³/mol. The molecule has 0 spiro atoms. The highest BCUT2D eigenvalue weighted by Crippen LogP contribution is 2.48. The molecule has 0 radical (unpaired) electrons. The van der Waals surface area contributed by atoms with Crippen LogP contribution in [0.5, 0.6) is 0 Å². The van der Waals surface area contributed by atoms with E-state index in [-0.39, 0.29) is 10.8 Å². The molecule has 1 aliphatic carbocycles. The van der Waals surface area contributed by atoms with Crippen molar-refractivity contribution in [3.8, 4) is 0 Å². The summed E-state index contributed by atoms with van der Waals surface area (Å²) >= 11 is 5.82. The van der Waals surface area contributed by atoms with Crippen molar-refractivity contribution in [1.82, 2.24) is 0 Å². The molecule has 1 saturated carbocycles. The fraction of sp³-hybridized carbons (Fsp3) is 0.538. The van der Waals surface area contributed by atoms with Crippen molar-refractivity contribution >= 4 is 11.6 Å². The molecule has 0 heterocycles. The first-order valence-corrected chi connectivity index (χ1v) is 6.09. The second kappa shape index (κ2) is 4.34. The van der Waals surface area contributed by atoms with Crippen molar-refractivity contribution in [3.05, 3.63) is 34.1 Å². The molecular formula is C13H17ClFN. The average Bonchev–Trinajstić information content (AvgIpc) is 3.03. The molecule has 1 nitrogen and oxygen atoms in total. The van der Waals surface area contributed by atoms with E-state index in [0.717, 1.165) is 24.9 Å². The summed E-state index contributed by atoms with van der Waals surface area (Å²) in [5, 5.41) is 0.229. The third-order valence-electron chi connectivity index (χ3n) is 3.60. The minimum absolute atomic E-state index is 0.229. The Morgan fingerprint density at radius 2 is 2.12 bits per heavy atom. The van der Waals surface area contributed by atoms with Gasteiger partial charge in [0.05, 0.1) is 5.02 Å². The molecule has 2 N–H and O–H groups in total. The Kier molecular flexibility index (Phi) is 3.22. The van der Waals surface area contributed by atoms with E-state index in [1.807, 2.05) is 6.07 Å². The summed E-state index contributed by atoms with van der Waals surface area (Å²) < 4.78 is 13.3. The van der Waals surface area contributed by atoms with E-state index in [4.69, 9.17) is 17.3 Å². The number of nitrogens with two attached hydrogens (primary N) is 1. The zero-order valence-corrected chi connectivity index (χ0v) is 10.3. The number of aryl methyl sites for hydroxylation is 2. The maximum atomic E-state index is 13.3. The van der Waals surface area contributed by atoms with Crippen LogP contribution in [0.2, 0.25) is 5.02 Å². The topological polar surface area (TPSA) is 26.0 Å². The van der Waals surface area contributed by atoms with Gasteiger partial charge in [0.1, 0.15) is 5.82 Å². The first-order chi connectivity index (χ1) is 7.56. The van der Waals surface area contributed by atoms with E-state index in [2.05, 4.69) is 0 Å². The molecule has 3 heteroatoms. The Labute approximate surface area is 101 Å². The van der Waals surface area contributed by atoms with E-state index < -0.39 is 0 Å². The van der Waals surface area contributed by atoms with Crippen LogP contribution in [0.1, 0.15) is 30.4 Å². The van der Waals surface area contributed by atoms with Crippen molar-refractivity contribution in [2.45, 2.75) is 32.6 Å². The lowest BCUT2D eigenvalue weighted by atomic mass is 9.96. The first kappa shape index (κ1) is 11.9. The average molecular weight is 242 g/mol. The molecule has 88 valence electrons. The summed E-state index contributed by atoms with van der Waals surface area (Å²) in [5.41, 5.74) is 7.84. The van der Waals surface area contributed by atoms with Crippen molar-refractivity contribution in [2.24, 2.45) is 11.1 Å². The smallest absolute Gasteiger partial charge is 0.144 e. The maximum absolute atomic E-state index is 13.3. The molecule has 0 unspecified atom stereocenters. The van der Waals surface area contributed by atoms with E-state index >= 15 is 0 Å². The molecule has 2 rings (SSSR count). The van der Waals surface area contributed by atoms with E-state index in [9.17, 15) is 4.39 Å². The summed E-state index contributed by atoms with van der Waals surface area (Å²) in [6.45, 7) is 2.52. The van der Waals surface area contributed by atoms with Gasteiger partial charge in [-0.2, -0.15) is 0 Å². The molecule has 0 saturated heterocycles. The number of hydrogen-bond acceptors (Lipinski definition) is 1. The van der Waals surface area contributed by atoms with Crippen molar-refractivity contribution in [1.29, 1.82) is 0 Å². The Morgan fingerprint density at radius 1 is 1.44 bits per heavy atom. The fourth-order valence-corrected chi connectivity index (χ4v) is 2.37. The SMILES string of the molecule is Cc1cc(CCC2(CN)CC2)cc(Cl)c1F. The van der Waals surface area contributed by atoms with Crippen molar-refractivity contribution in [3.63, 3.8) is 0 Å². The molecule has 1 aromatic rings. The molecular weight excluding hydrogens is 225 g/mol. The Bertz CT molecular complexity index is 376. The van der Waals surface area contributed by atoms with Gasteiger partial charge in [-0.25, -0.2) is 4.39 Å². The van der Waals surface area contributed by atoms with E-state index in [0.29, 0.717) is 11.0 Å². The Hall–Kier alpha value is -0.600. The summed E-state index contributed by atoms with van der Waals surface area (Å²) in [6.07, 6.45) is 4.50. The number of halogens is 2. The normalized spacial score (nSPS) is 17.5. The number of benzene rings is 1. The number of hydrogen-bond donors (Lipinski definition) is 1. The minimum atomic E-state index is -0.301. The van der Waals surface area contributed by atoms with Crippen LogP contribution in [0.4, 0.5) is 4.39 Å². The summed E-state index contributed by atoms with van der Waals surface area (Å²) in [5.74, 6) is -0.301. The van der Waals surface area contributed by atoms with Gasteiger partial charge >= 0.3 is 0 Å². The highest BCUT2D eigenvalue weighted by atomic mass is 35.5. The maximum Gasteiger partial charge on any atom is 0.144 e. The monoisotopic (exact) mass is 241 g/mol. The van der Waals surface area contributed by atoms with Gasteiger partial charge in [0.25, 0.3) is 0 Å². The second-order valence-electron chi connectivity index (χ2n) is 4.91. The van der Waals surface area contributed by atoms with E-state index in [1.54, 1.807) is 13.0 Å². The van der Waals surface area contributed by atoms with Crippen LogP contribution < -0.4 is 5.73 Å². The molecule has 16 heavy (non-hydrogen) atoms. The Morgan fingerprint density at radius 3 is 2.62 bits per heavy atom. The zero-order chi connectivity index (χ0) is 11.8. The van der Waals surface area contributed by atoms with Crippen molar-refractivity contribution in [2.75, 3.05) is 6.54 Å². The molecule has 1 fully saturated rings. The molecule has 1 aliphatic rings. The minimum Gasteiger partial charge on any atom is -0.330 e. The van der Waals surface area contributed by atoms with Crippen LogP contribution in [0.25, 0.3) is 0 Å². The highest BCUT2D eigenvalue weighted by molar-refractivity contribution is 6.30. The molecule has 0 atom stereocenters. The second-order valence-corrected chi connectivity index (χ2v) is 5.32. The van der Waals surface area contributed by atoms with Crippen LogP contribution in [0.15, 0.2) is 12.1 Å². The lowest BCUT2D eigenvalue weighted by molar-refractivity contribution is 0.478. The molecule has 0 aromatic heterocycles. The third-order valence-corrected chi connectivity index (χ3v) is 3.88. The number of rotatable bonds is 4. The van der Waals surface area contributed by atoms with Gasteiger partial charge in [-0.05, 0) is 61.8 Å². The van der Waals surface area contributed by atoms with Crippen LogP contribution in [0.3, 0.4) is 0 Å². The predicted octanol–water partition coefficient (Wildman–Crippen LogP) is 3.46. The largest absolute Gasteiger partial charge is 0.330 e. The fourth-order valence-electron chi connectivity index (χ4n) is 2.08. The third kappa shape index (κ3) is 2.38. The molecule has 1 aromatic carbocycles. The highest BCUT2D eigenvalue weighted by Gasteiger charge is 2.40. The van der Waals surface area contributed by atoms with Gasteiger partial charge in [-0.3, -0.25) is 0 Å². The molecule has 0 bridgehead atoms. The molecule has 0 amide bonds. The van der Waals surface area contributed by atoms with Crippen LogP contribution in [-0.4, -0.2) is 6.54 Å². The Balaban J connectivity index is 2.05. The van der Waals surface area contributed by atoms with Crippen molar-refractivity contribution < 1.29 is 4.39 Å². The molecule has 0 aliphatic heterocycles. The lowest BCUT2D eigenvalue weighted by Crippen LogP contribution is -2.16. The van der Waals surface area contributed by atoms with Gasteiger partial charge in [-0.1, -0.05) is 17.7 Å². The van der Waals surface area contributed by atoms with Crippen LogP contribution >= 0.6 is 11.6 Å². The van der Waals surface area contributed by atoms with E-state index in [1.165, 1.54) is 12.8 Å². The van der Waals surface area contributed by atoms with Crippen LogP contribution in [0, 0.1) is 18.2 Å². The van der Waals surface area contributed by atoms with Gasteiger partial charge in [0.15, 0.2) is 0 Å². The standard InChI is InChI=1S/C13H17ClFN/c1-9-6-10(7-11(14)12(9)15)2-3-13(8-16)4-5-13/h6-7H,2-5,8,16H2,1H3. The zero-order valence-electron chi connectivity index (χ0n) is 9.52. The summed E-state index contributed by atoms with van der Waals surface area (Å²) in [7, 11) is 0. The van der Waals surface area contributed by atoms with Gasteiger partial charge in [-0.15, -0.1) is 0 Å². The van der Waals surface area contributed by atoms with Gasteiger partial charge in [0, 0.05) is 0 Å². The van der Waals surface area contributed by atoms with Gasteiger partial charge in [0.2, 0.25) is 0 Å². The summed E-state index contributed by atoms with van der Waals surface area (Å²) in [4.78, 5) is 0.